The van der Waals surface area contributed by atoms with Crippen molar-refractivity contribution in [2.45, 2.75) is 70.1 Å². The number of hydrogen-bond donors (Lipinski definition) is 2. The Hall–Kier alpha value is -3.82. The van der Waals surface area contributed by atoms with Crippen molar-refractivity contribution in [2.24, 2.45) is 0 Å². The highest BCUT2D eigenvalue weighted by atomic mass is 79.9. The van der Waals surface area contributed by atoms with Crippen LogP contribution in [0, 0.1) is 0 Å². The van der Waals surface area contributed by atoms with Crippen LogP contribution in [0.5, 0.6) is 5.75 Å². The van der Waals surface area contributed by atoms with Crippen LogP contribution in [0.3, 0.4) is 0 Å². The smallest absolute Gasteiger partial charge is 0.410 e. The number of halogens is 1. The molecule has 286 valence electrons. The van der Waals surface area contributed by atoms with Crippen molar-refractivity contribution in [1.82, 2.24) is 24.5 Å². The van der Waals surface area contributed by atoms with Gasteiger partial charge in [-0.1, -0.05) is 24.3 Å². The molecule has 0 aromatic heterocycles. The molecule has 2 N–H and O–H groups in total. The Morgan fingerprint density at radius 2 is 1.64 bits per heavy atom. The highest BCUT2D eigenvalue weighted by Crippen LogP contribution is 2.27. The van der Waals surface area contributed by atoms with Gasteiger partial charge < -0.3 is 39.5 Å². The molecule has 0 spiro atoms. The minimum Gasteiger partial charge on any atom is -0.507 e. The monoisotopic (exact) mass is 794 g/mol. The Morgan fingerprint density at radius 3 is 2.34 bits per heavy atom. The fraction of sp³-hybridized carbons (Fsp3) is 0.579. The van der Waals surface area contributed by atoms with Crippen molar-refractivity contribution in [3.8, 4) is 5.75 Å². The number of para-hydroxylation sites is 1. The Kier molecular flexibility index (Phi) is 13.2. The number of ether oxygens (including phenoxy) is 2. The lowest BCUT2D eigenvalue weighted by Gasteiger charge is -2.43. The predicted octanol–water partition coefficient (Wildman–Crippen LogP) is 2.58. The highest BCUT2D eigenvalue weighted by molar-refractivity contribution is 9.10. The molecule has 3 saturated heterocycles. The van der Waals surface area contributed by atoms with Crippen LogP contribution in [0.2, 0.25) is 0 Å². The molecule has 0 radical (unpaired) electrons. The molecule has 4 heterocycles. The second-order valence-corrected chi connectivity index (χ2v) is 15.4. The summed E-state index contributed by atoms with van der Waals surface area (Å²) in [6, 6.07) is 11.8. The van der Waals surface area contributed by atoms with E-state index in [1.165, 1.54) is 0 Å². The number of anilines is 1. The number of phenolic OH excluding ortho intramolecular Hbond substituents is 1. The lowest BCUT2D eigenvalue weighted by Crippen LogP contribution is -2.56. The van der Waals surface area contributed by atoms with Crippen molar-refractivity contribution in [3.63, 3.8) is 0 Å². The van der Waals surface area contributed by atoms with E-state index in [-0.39, 0.29) is 36.1 Å². The number of esters is 1. The molecule has 0 saturated carbocycles. The summed E-state index contributed by atoms with van der Waals surface area (Å²) in [6.07, 6.45) is 3.06. The van der Waals surface area contributed by atoms with Crippen LogP contribution in [0.1, 0.15) is 50.2 Å². The largest absolute Gasteiger partial charge is 0.507 e. The zero-order valence-corrected chi connectivity index (χ0v) is 32.5. The van der Waals surface area contributed by atoms with Gasteiger partial charge >= 0.3 is 18.1 Å². The second-order valence-electron chi connectivity index (χ2n) is 14.6. The van der Waals surface area contributed by atoms with Crippen LogP contribution in [-0.4, -0.2) is 152 Å². The Balaban J connectivity index is 1.03. The maximum absolute atomic E-state index is 14.1. The summed E-state index contributed by atoms with van der Waals surface area (Å²) in [5.41, 5.74) is 3.40. The van der Waals surface area contributed by atoms with Gasteiger partial charge in [-0.15, -0.1) is 0 Å². The van der Waals surface area contributed by atoms with Crippen LogP contribution < -0.4 is 10.8 Å². The number of piperazine rings is 1. The average molecular weight is 796 g/mol. The number of hydrogen-bond acceptors (Lipinski definition) is 9. The van der Waals surface area contributed by atoms with E-state index in [9.17, 15) is 24.3 Å². The quantitative estimate of drug-likeness (QED) is 0.275. The zero-order chi connectivity index (χ0) is 37.5. The van der Waals surface area contributed by atoms with Gasteiger partial charge in [0.15, 0.2) is 6.10 Å². The summed E-state index contributed by atoms with van der Waals surface area (Å²) in [6.45, 7) is 8.83. The number of piperidine rings is 2. The molecule has 4 aliphatic heterocycles. The number of amides is 4. The molecule has 2 aromatic rings. The normalized spacial score (nSPS) is 20.0. The van der Waals surface area contributed by atoms with Crippen molar-refractivity contribution >= 4 is 58.9 Å². The molecule has 53 heavy (non-hydrogen) atoms. The number of phenols is 1. The first-order valence-corrected chi connectivity index (χ1v) is 19.9. The molecule has 4 amide bonds. The molecule has 0 aliphatic carbocycles. The molecule has 1 atom stereocenters. The lowest BCUT2D eigenvalue weighted by atomic mass is 9.91. The van der Waals surface area contributed by atoms with Gasteiger partial charge in [0, 0.05) is 76.5 Å². The SMILES string of the molecule is Bc1cc(C[C@@H](OC(=O)N2CCC(N3CCc4ccccc4NC3=O)CC2)C(=O)N2CCN(C3CCN(CCC(=O)OCC)CC3)CC2)cc(Br)c1O. The molecule has 13 nitrogen and oxygen atoms in total. The van der Waals surface area contributed by atoms with Gasteiger partial charge in [-0.2, -0.15) is 0 Å². The van der Waals surface area contributed by atoms with Crippen molar-refractivity contribution in [1.29, 1.82) is 0 Å². The third-order valence-electron chi connectivity index (χ3n) is 11.2. The van der Waals surface area contributed by atoms with Crippen molar-refractivity contribution < 1.29 is 33.8 Å². The molecule has 0 bridgehead atoms. The van der Waals surface area contributed by atoms with Gasteiger partial charge in [-0.25, -0.2) is 9.59 Å². The van der Waals surface area contributed by atoms with Crippen molar-refractivity contribution in [2.75, 3.05) is 77.4 Å². The maximum atomic E-state index is 14.1. The summed E-state index contributed by atoms with van der Waals surface area (Å²) in [5.74, 6) is -0.230. The fourth-order valence-electron chi connectivity index (χ4n) is 8.12. The molecule has 6 rings (SSSR count). The summed E-state index contributed by atoms with van der Waals surface area (Å²) in [7, 11) is 1.80. The number of rotatable bonds is 10. The fourth-order valence-corrected chi connectivity index (χ4v) is 8.72. The van der Waals surface area contributed by atoms with Gasteiger partial charge in [0.25, 0.3) is 5.91 Å². The number of urea groups is 1. The molecule has 2 aromatic carbocycles. The Labute approximate surface area is 321 Å². The molecular weight excluding hydrogens is 743 g/mol. The first kappa shape index (κ1) is 38.9. The molecular formula is C38H52BBrN6O7. The van der Waals surface area contributed by atoms with E-state index in [4.69, 9.17) is 9.47 Å². The van der Waals surface area contributed by atoms with E-state index in [0.717, 1.165) is 62.3 Å². The van der Waals surface area contributed by atoms with Gasteiger partial charge in [0.1, 0.15) is 13.6 Å². The number of carbonyl (C=O) groups excluding carboxylic acids is 4. The number of nitrogens with zero attached hydrogens (tertiary/aromatic N) is 5. The van der Waals surface area contributed by atoms with E-state index < -0.39 is 12.2 Å². The van der Waals surface area contributed by atoms with Crippen LogP contribution in [-0.2, 0) is 31.9 Å². The zero-order valence-electron chi connectivity index (χ0n) is 30.9. The topological polar surface area (TPSA) is 135 Å². The van der Waals surface area contributed by atoms with E-state index in [1.807, 2.05) is 47.1 Å². The highest BCUT2D eigenvalue weighted by Gasteiger charge is 2.36. The molecule has 15 heteroatoms. The van der Waals surface area contributed by atoms with Crippen LogP contribution in [0.25, 0.3) is 0 Å². The minimum atomic E-state index is -1.03. The standard InChI is InChI=1S/C38H52BBrN6O7/c1-2-52-34(47)12-15-42-13-8-28(9-14-42)43-19-21-44(22-20-43)36(49)33(25-26-23-30(39)35(48)31(40)24-26)53-38(51)45-16-10-29(11-17-45)46-18-7-27-5-3-4-6-32(27)41-37(46)50/h3-6,23-24,28-29,33,48H,2,7-22,25,39H2,1H3,(H,41,50)/t33-/m1/s1. The summed E-state index contributed by atoms with van der Waals surface area (Å²) < 4.78 is 11.7. The maximum Gasteiger partial charge on any atom is 0.410 e. The number of aromatic hydroxyl groups is 1. The number of fused-ring (bicyclic) bond motifs is 1. The number of nitrogens with one attached hydrogen (secondary N) is 1. The summed E-state index contributed by atoms with van der Waals surface area (Å²) >= 11 is 3.42. The minimum absolute atomic E-state index is 0.00348. The molecule has 3 fully saturated rings. The predicted molar refractivity (Wildman–Crippen MR) is 207 cm³/mol. The molecule has 0 unspecified atom stereocenters. The lowest BCUT2D eigenvalue weighted by molar-refractivity contribution is -0.144. The Morgan fingerprint density at radius 1 is 0.943 bits per heavy atom. The number of carbonyl (C=O) groups is 4. The van der Waals surface area contributed by atoms with Crippen molar-refractivity contribution in [3.05, 3.63) is 52.0 Å². The first-order valence-electron chi connectivity index (χ1n) is 19.1. The van der Waals surface area contributed by atoms with Gasteiger partial charge in [-0.3, -0.25) is 14.5 Å². The van der Waals surface area contributed by atoms with Gasteiger partial charge in [0.2, 0.25) is 0 Å². The van der Waals surface area contributed by atoms with Crippen LogP contribution in [0.15, 0.2) is 40.9 Å². The van der Waals surface area contributed by atoms with E-state index in [2.05, 4.69) is 31.0 Å². The molecule has 4 aliphatic rings. The van der Waals surface area contributed by atoms with Crippen LogP contribution >= 0.6 is 15.9 Å². The first-order chi connectivity index (χ1) is 25.6. The van der Waals surface area contributed by atoms with E-state index in [1.54, 1.807) is 18.8 Å². The average Bonchev–Trinajstić information content (AvgIpc) is 3.34. The third kappa shape index (κ3) is 9.84. The van der Waals surface area contributed by atoms with E-state index in [0.29, 0.717) is 81.1 Å². The summed E-state index contributed by atoms with van der Waals surface area (Å²) in [5, 5.41) is 13.4. The summed E-state index contributed by atoms with van der Waals surface area (Å²) in [4.78, 5) is 62.8. The number of benzene rings is 2. The van der Waals surface area contributed by atoms with Crippen LogP contribution in [0.4, 0.5) is 15.3 Å². The van der Waals surface area contributed by atoms with Gasteiger partial charge in [-0.05, 0) is 96.8 Å². The van der Waals surface area contributed by atoms with Gasteiger partial charge in [0.05, 0.1) is 17.5 Å². The van der Waals surface area contributed by atoms with E-state index >= 15 is 0 Å². The Bertz CT molecular complexity index is 1600. The second kappa shape index (κ2) is 18.0. The third-order valence-corrected chi connectivity index (χ3v) is 11.8. The number of likely N-dealkylation sites (tertiary alicyclic amines) is 2.